The molecule has 0 aromatic heterocycles. The Kier molecular flexibility index (Phi) is 5.01. The SMILES string of the molecule is CCCOc1cc(N2CCC(C)C(O)C2)ccc1[N+](=O)[O-]. The van der Waals surface area contributed by atoms with Crippen LogP contribution in [0, 0.1) is 16.0 Å². The zero-order valence-corrected chi connectivity index (χ0v) is 12.5. The molecule has 2 unspecified atom stereocenters. The highest BCUT2D eigenvalue weighted by Crippen LogP contribution is 2.33. The fourth-order valence-electron chi connectivity index (χ4n) is 2.46. The maximum atomic E-state index is 11.0. The Morgan fingerprint density at radius 3 is 2.90 bits per heavy atom. The molecule has 21 heavy (non-hydrogen) atoms. The largest absolute Gasteiger partial charge is 0.487 e. The Hall–Kier alpha value is -1.82. The number of benzene rings is 1. The van der Waals surface area contributed by atoms with Crippen LogP contribution in [0.1, 0.15) is 26.7 Å². The Labute approximate surface area is 124 Å². The van der Waals surface area contributed by atoms with Gasteiger partial charge >= 0.3 is 5.69 Å². The number of hydrogen-bond acceptors (Lipinski definition) is 5. The number of nitro benzene ring substituents is 1. The second-order valence-corrected chi connectivity index (χ2v) is 5.54. The Morgan fingerprint density at radius 1 is 1.52 bits per heavy atom. The van der Waals surface area contributed by atoms with Crippen molar-refractivity contribution in [1.29, 1.82) is 0 Å². The molecule has 1 aliphatic rings. The van der Waals surface area contributed by atoms with Crippen LogP contribution in [0.15, 0.2) is 18.2 Å². The number of anilines is 1. The van der Waals surface area contributed by atoms with Crippen molar-refractivity contribution >= 4 is 11.4 Å². The van der Waals surface area contributed by atoms with E-state index in [1.807, 2.05) is 18.7 Å². The normalized spacial score (nSPS) is 22.1. The third kappa shape index (κ3) is 3.64. The highest BCUT2D eigenvalue weighted by Gasteiger charge is 2.26. The number of aliphatic hydroxyl groups is 1. The van der Waals surface area contributed by atoms with Crippen LogP contribution < -0.4 is 9.64 Å². The molecular formula is C15H22N2O4. The molecule has 1 saturated heterocycles. The molecule has 1 N–H and O–H groups in total. The lowest BCUT2D eigenvalue weighted by Gasteiger charge is -2.35. The number of nitrogens with zero attached hydrogens (tertiary/aromatic N) is 2. The number of β-amino-alcohol motifs (C(OH)–C–C–N with tert-alkyl or cyclic N) is 1. The number of nitro groups is 1. The van der Waals surface area contributed by atoms with Crippen LogP contribution in [-0.4, -0.2) is 35.8 Å². The fraction of sp³-hybridized carbons (Fsp3) is 0.600. The number of rotatable bonds is 5. The summed E-state index contributed by atoms with van der Waals surface area (Å²) in [4.78, 5) is 12.7. The number of piperidine rings is 1. The van der Waals surface area contributed by atoms with Crippen LogP contribution in [0.25, 0.3) is 0 Å². The maximum Gasteiger partial charge on any atom is 0.311 e. The monoisotopic (exact) mass is 294 g/mol. The average Bonchev–Trinajstić information content (AvgIpc) is 2.47. The second kappa shape index (κ2) is 6.76. The molecule has 1 aliphatic heterocycles. The van der Waals surface area contributed by atoms with Gasteiger partial charge in [-0.05, 0) is 24.8 Å². The lowest BCUT2D eigenvalue weighted by Crippen LogP contribution is -2.42. The van der Waals surface area contributed by atoms with E-state index in [0.717, 1.165) is 25.1 Å². The highest BCUT2D eigenvalue weighted by molar-refractivity contribution is 5.59. The van der Waals surface area contributed by atoms with Crippen molar-refractivity contribution in [1.82, 2.24) is 0 Å². The lowest BCUT2D eigenvalue weighted by atomic mass is 9.95. The van der Waals surface area contributed by atoms with Crippen LogP contribution in [0.3, 0.4) is 0 Å². The van der Waals surface area contributed by atoms with Crippen LogP contribution in [0.4, 0.5) is 11.4 Å². The molecule has 0 amide bonds. The van der Waals surface area contributed by atoms with Gasteiger partial charge in [0.15, 0.2) is 5.75 Å². The first-order valence-corrected chi connectivity index (χ1v) is 7.37. The zero-order chi connectivity index (χ0) is 15.4. The smallest absolute Gasteiger partial charge is 0.311 e. The minimum Gasteiger partial charge on any atom is -0.487 e. The first-order valence-electron chi connectivity index (χ1n) is 7.37. The van der Waals surface area contributed by atoms with E-state index >= 15 is 0 Å². The van der Waals surface area contributed by atoms with Crippen LogP contribution in [0.5, 0.6) is 5.75 Å². The molecule has 6 nitrogen and oxygen atoms in total. The molecule has 0 spiro atoms. The molecule has 1 aromatic rings. The third-order valence-corrected chi connectivity index (χ3v) is 3.89. The van der Waals surface area contributed by atoms with E-state index in [2.05, 4.69) is 0 Å². The van der Waals surface area contributed by atoms with E-state index in [4.69, 9.17) is 4.74 Å². The van der Waals surface area contributed by atoms with Gasteiger partial charge in [0.1, 0.15) is 0 Å². The molecular weight excluding hydrogens is 272 g/mol. The van der Waals surface area contributed by atoms with Crippen molar-refractivity contribution in [3.05, 3.63) is 28.3 Å². The first-order chi connectivity index (χ1) is 10.0. The number of ether oxygens (including phenoxy) is 1. The van der Waals surface area contributed by atoms with Gasteiger partial charge in [-0.25, -0.2) is 0 Å². The number of hydrogen-bond donors (Lipinski definition) is 1. The van der Waals surface area contributed by atoms with Crippen molar-refractivity contribution in [2.45, 2.75) is 32.8 Å². The zero-order valence-electron chi connectivity index (χ0n) is 12.5. The van der Waals surface area contributed by atoms with Gasteiger partial charge in [-0.15, -0.1) is 0 Å². The van der Waals surface area contributed by atoms with Crippen LogP contribution in [-0.2, 0) is 0 Å². The standard InChI is InChI=1S/C15H22N2O4/c1-3-8-21-15-9-12(4-5-13(15)17(19)20)16-7-6-11(2)14(18)10-16/h4-5,9,11,14,18H,3,6-8,10H2,1-2H3. The highest BCUT2D eigenvalue weighted by atomic mass is 16.6. The molecule has 1 aromatic carbocycles. The minimum absolute atomic E-state index is 0.0156. The van der Waals surface area contributed by atoms with Gasteiger partial charge < -0.3 is 14.7 Å². The summed E-state index contributed by atoms with van der Waals surface area (Å²) in [6.07, 6.45) is 1.33. The molecule has 0 radical (unpaired) electrons. The predicted octanol–water partition coefficient (Wildman–Crippen LogP) is 2.59. The minimum atomic E-state index is -0.429. The maximum absolute atomic E-state index is 11.0. The summed E-state index contributed by atoms with van der Waals surface area (Å²) >= 11 is 0. The second-order valence-electron chi connectivity index (χ2n) is 5.54. The van der Waals surface area contributed by atoms with Crippen LogP contribution >= 0.6 is 0 Å². The average molecular weight is 294 g/mol. The van der Waals surface area contributed by atoms with Crippen molar-refractivity contribution in [3.63, 3.8) is 0 Å². The summed E-state index contributed by atoms with van der Waals surface area (Å²) < 4.78 is 5.50. The summed E-state index contributed by atoms with van der Waals surface area (Å²) in [5, 5.41) is 21.0. The molecule has 116 valence electrons. The van der Waals surface area contributed by atoms with E-state index in [1.54, 1.807) is 12.1 Å². The van der Waals surface area contributed by atoms with E-state index in [9.17, 15) is 15.2 Å². The lowest BCUT2D eigenvalue weighted by molar-refractivity contribution is -0.385. The van der Waals surface area contributed by atoms with Gasteiger partial charge in [0.2, 0.25) is 0 Å². The fourth-order valence-corrected chi connectivity index (χ4v) is 2.46. The molecule has 2 atom stereocenters. The van der Waals surface area contributed by atoms with Gasteiger partial charge in [-0.3, -0.25) is 10.1 Å². The number of aliphatic hydroxyl groups excluding tert-OH is 1. The van der Waals surface area contributed by atoms with Crippen molar-refractivity contribution in [2.75, 3.05) is 24.6 Å². The summed E-state index contributed by atoms with van der Waals surface area (Å²) in [6, 6.07) is 4.90. The summed E-state index contributed by atoms with van der Waals surface area (Å²) in [6.45, 7) is 5.82. The molecule has 1 heterocycles. The van der Waals surface area contributed by atoms with Gasteiger partial charge in [-0.2, -0.15) is 0 Å². The van der Waals surface area contributed by atoms with Gasteiger partial charge in [0, 0.05) is 30.9 Å². The van der Waals surface area contributed by atoms with E-state index in [1.165, 1.54) is 6.07 Å². The first kappa shape index (κ1) is 15.6. The molecule has 6 heteroatoms. The molecule has 0 saturated carbocycles. The van der Waals surface area contributed by atoms with Crippen molar-refractivity contribution < 1.29 is 14.8 Å². The summed E-state index contributed by atoms with van der Waals surface area (Å²) in [7, 11) is 0. The van der Waals surface area contributed by atoms with Gasteiger partial charge in [-0.1, -0.05) is 13.8 Å². The van der Waals surface area contributed by atoms with Gasteiger partial charge in [0.05, 0.1) is 17.6 Å². The molecule has 1 fully saturated rings. The predicted molar refractivity (Wildman–Crippen MR) is 80.9 cm³/mol. The molecule has 2 rings (SSSR count). The third-order valence-electron chi connectivity index (χ3n) is 3.89. The summed E-state index contributed by atoms with van der Waals surface area (Å²) in [5.74, 6) is 0.586. The Balaban J connectivity index is 2.22. The van der Waals surface area contributed by atoms with Crippen LogP contribution in [0.2, 0.25) is 0 Å². The van der Waals surface area contributed by atoms with E-state index < -0.39 is 4.92 Å². The van der Waals surface area contributed by atoms with Crippen molar-refractivity contribution in [2.24, 2.45) is 5.92 Å². The van der Waals surface area contributed by atoms with E-state index in [-0.39, 0.29) is 17.7 Å². The van der Waals surface area contributed by atoms with E-state index in [0.29, 0.717) is 18.9 Å². The van der Waals surface area contributed by atoms with Crippen molar-refractivity contribution in [3.8, 4) is 5.75 Å². The topological polar surface area (TPSA) is 75.8 Å². The Morgan fingerprint density at radius 2 is 2.29 bits per heavy atom. The van der Waals surface area contributed by atoms with Gasteiger partial charge in [0.25, 0.3) is 0 Å². The molecule has 0 bridgehead atoms. The Bertz CT molecular complexity index is 506. The molecule has 0 aliphatic carbocycles. The summed E-state index contributed by atoms with van der Waals surface area (Å²) in [5.41, 5.74) is 0.843. The quantitative estimate of drug-likeness (QED) is 0.667.